The highest BCUT2D eigenvalue weighted by Gasteiger charge is 2.31. The second-order valence-electron chi connectivity index (χ2n) is 6.10. The van der Waals surface area contributed by atoms with Gasteiger partial charge in [-0.1, -0.05) is 6.07 Å². The van der Waals surface area contributed by atoms with Gasteiger partial charge in [0.15, 0.2) is 5.78 Å². The monoisotopic (exact) mass is 375 g/mol. The number of halogens is 1. The summed E-state index contributed by atoms with van der Waals surface area (Å²) in [5.74, 6) is 1.20. The number of Topliss-reactive ketones (excluding diaryl/α,β-unsaturated/α-hetero) is 1. The molecule has 0 saturated carbocycles. The Bertz CT molecular complexity index is 466. The average Bonchev–Trinajstić information content (AvgIpc) is 2.31. The van der Waals surface area contributed by atoms with Gasteiger partial charge in [-0.3, -0.25) is 4.79 Å². The Kier molecular flexibility index (Phi) is 5.38. The van der Waals surface area contributed by atoms with Crippen LogP contribution in [0.3, 0.4) is 0 Å². The van der Waals surface area contributed by atoms with E-state index >= 15 is 0 Å². The van der Waals surface area contributed by atoms with E-state index in [0.29, 0.717) is 0 Å². The summed E-state index contributed by atoms with van der Waals surface area (Å²) >= 11 is 0. The van der Waals surface area contributed by atoms with Crippen molar-refractivity contribution in [1.82, 2.24) is 0 Å². The highest BCUT2D eigenvalue weighted by Crippen LogP contribution is 2.29. The van der Waals surface area contributed by atoms with E-state index in [0.717, 1.165) is 35.2 Å². The van der Waals surface area contributed by atoms with Gasteiger partial charge >= 0.3 is 0 Å². The number of hydrogen-bond acceptors (Lipinski definition) is 2. The number of hydrogen-bond donors (Lipinski definition) is 0. The third kappa shape index (κ3) is 3.92. The first-order chi connectivity index (χ1) is 8.40. The van der Waals surface area contributed by atoms with Crippen molar-refractivity contribution >= 4 is 5.78 Å². The van der Waals surface area contributed by atoms with Crippen molar-refractivity contribution in [2.75, 3.05) is 34.8 Å². The van der Waals surface area contributed by atoms with Gasteiger partial charge in [0, 0.05) is 5.56 Å². The van der Waals surface area contributed by atoms with Crippen molar-refractivity contribution in [1.29, 1.82) is 0 Å². The smallest absolute Gasteiger partial charge is 0.171 e. The highest BCUT2D eigenvalue weighted by atomic mass is 127. The number of ether oxygens (including phenoxy) is 1. The molecule has 0 saturated heterocycles. The largest absolute Gasteiger partial charge is 1.00 e. The van der Waals surface area contributed by atoms with Crippen LogP contribution in [0.4, 0.5) is 0 Å². The molecular weight excluding hydrogens is 353 g/mol. The maximum Gasteiger partial charge on any atom is 0.171 e. The lowest BCUT2D eigenvalue weighted by atomic mass is 9.82. The fourth-order valence-corrected chi connectivity index (χ4v) is 2.65. The van der Waals surface area contributed by atoms with Gasteiger partial charge in [-0.05, 0) is 30.5 Å². The molecule has 1 aliphatic rings. The molecule has 0 fully saturated rings. The van der Waals surface area contributed by atoms with Crippen LogP contribution in [-0.2, 0) is 6.42 Å². The molecule has 106 valence electrons. The standard InChI is InChI=1S/C15H22NO2.HI/c1-16(2,3)10-12-6-5-11-7-8-13(18-4)9-14(11)15(12)17;/h7-9,12H,5-6,10H2,1-4H3;1H/q+1;/p-1. The van der Waals surface area contributed by atoms with Crippen LogP contribution in [0.1, 0.15) is 22.3 Å². The van der Waals surface area contributed by atoms with Crippen LogP contribution in [0.2, 0.25) is 0 Å². The van der Waals surface area contributed by atoms with Crippen LogP contribution < -0.4 is 28.7 Å². The van der Waals surface area contributed by atoms with E-state index in [4.69, 9.17) is 4.74 Å². The molecule has 1 atom stereocenters. The minimum atomic E-state index is 0. The van der Waals surface area contributed by atoms with Gasteiger partial charge in [-0.15, -0.1) is 0 Å². The van der Waals surface area contributed by atoms with Crippen molar-refractivity contribution in [3.8, 4) is 5.75 Å². The molecule has 0 aromatic heterocycles. The lowest BCUT2D eigenvalue weighted by Crippen LogP contribution is -3.00. The van der Waals surface area contributed by atoms with Gasteiger partial charge < -0.3 is 33.2 Å². The molecule has 0 amide bonds. The van der Waals surface area contributed by atoms with Crippen LogP contribution in [0.15, 0.2) is 18.2 Å². The lowest BCUT2D eigenvalue weighted by Gasteiger charge is -2.31. The van der Waals surface area contributed by atoms with E-state index in [1.54, 1.807) is 7.11 Å². The number of nitrogens with zero attached hydrogens (tertiary/aromatic N) is 1. The summed E-state index contributed by atoms with van der Waals surface area (Å²) in [6, 6.07) is 5.85. The summed E-state index contributed by atoms with van der Waals surface area (Å²) in [4.78, 5) is 12.5. The van der Waals surface area contributed by atoms with Crippen molar-refractivity contribution in [2.45, 2.75) is 12.8 Å². The van der Waals surface area contributed by atoms with Gasteiger partial charge in [0.2, 0.25) is 0 Å². The molecule has 1 aliphatic carbocycles. The first kappa shape index (κ1) is 16.4. The zero-order chi connectivity index (χ0) is 13.3. The van der Waals surface area contributed by atoms with Gasteiger partial charge in [0.1, 0.15) is 5.75 Å². The predicted molar refractivity (Wildman–Crippen MR) is 72.0 cm³/mol. The molecule has 1 aromatic carbocycles. The summed E-state index contributed by atoms with van der Waals surface area (Å²) in [5.41, 5.74) is 2.03. The Hall–Kier alpha value is -0.620. The van der Waals surface area contributed by atoms with Crippen LogP contribution in [0.25, 0.3) is 0 Å². The number of fused-ring (bicyclic) bond motifs is 1. The Balaban J connectivity index is 0.00000180. The maximum absolute atomic E-state index is 12.5. The van der Waals surface area contributed by atoms with E-state index in [9.17, 15) is 4.79 Å². The summed E-state index contributed by atoms with van der Waals surface area (Å²) in [5, 5.41) is 0. The number of carbonyl (C=O) groups excluding carboxylic acids is 1. The van der Waals surface area contributed by atoms with Gasteiger partial charge in [0.05, 0.1) is 40.7 Å². The fraction of sp³-hybridized carbons (Fsp3) is 0.533. The molecule has 0 N–H and O–H groups in total. The third-order valence-electron chi connectivity index (χ3n) is 3.48. The van der Waals surface area contributed by atoms with E-state index in [2.05, 4.69) is 21.1 Å². The summed E-state index contributed by atoms with van der Waals surface area (Å²) in [6.07, 6.45) is 1.96. The minimum Gasteiger partial charge on any atom is -1.00 e. The number of carbonyl (C=O) groups is 1. The molecule has 0 aliphatic heterocycles. The van der Waals surface area contributed by atoms with Crippen molar-refractivity contribution in [2.24, 2.45) is 5.92 Å². The van der Waals surface area contributed by atoms with Crippen molar-refractivity contribution in [3.05, 3.63) is 29.3 Å². The average molecular weight is 375 g/mol. The van der Waals surface area contributed by atoms with Crippen LogP contribution in [0, 0.1) is 5.92 Å². The quantitative estimate of drug-likeness (QED) is 0.509. The molecule has 0 radical (unpaired) electrons. The Morgan fingerprint density at radius 3 is 2.58 bits per heavy atom. The fourth-order valence-electron chi connectivity index (χ4n) is 2.65. The van der Waals surface area contributed by atoms with E-state index in [1.165, 1.54) is 5.56 Å². The zero-order valence-corrected chi connectivity index (χ0v) is 14.2. The highest BCUT2D eigenvalue weighted by molar-refractivity contribution is 6.00. The Morgan fingerprint density at radius 1 is 1.32 bits per heavy atom. The predicted octanol–water partition coefficient (Wildman–Crippen LogP) is -0.849. The molecule has 1 aromatic rings. The Morgan fingerprint density at radius 2 is 2.00 bits per heavy atom. The molecule has 1 unspecified atom stereocenters. The molecule has 19 heavy (non-hydrogen) atoms. The number of methoxy groups -OCH3 is 1. The molecule has 0 bridgehead atoms. The first-order valence-electron chi connectivity index (χ1n) is 6.42. The molecule has 4 heteroatoms. The van der Waals surface area contributed by atoms with Crippen molar-refractivity contribution in [3.63, 3.8) is 0 Å². The molecule has 0 spiro atoms. The number of ketones is 1. The van der Waals surface area contributed by atoms with Crippen LogP contribution in [0.5, 0.6) is 5.75 Å². The second kappa shape index (κ2) is 6.22. The second-order valence-corrected chi connectivity index (χ2v) is 6.10. The summed E-state index contributed by atoms with van der Waals surface area (Å²) in [7, 11) is 8.04. The zero-order valence-electron chi connectivity index (χ0n) is 12.1. The number of quaternary nitrogens is 1. The Labute approximate surface area is 132 Å². The molecule has 2 rings (SSSR count). The molecule has 0 heterocycles. The third-order valence-corrected chi connectivity index (χ3v) is 3.48. The summed E-state index contributed by atoms with van der Waals surface area (Å²) < 4.78 is 6.04. The van der Waals surface area contributed by atoms with E-state index in [-0.39, 0.29) is 35.7 Å². The van der Waals surface area contributed by atoms with Gasteiger partial charge in [0.25, 0.3) is 0 Å². The van der Waals surface area contributed by atoms with E-state index in [1.807, 2.05) is 18.2 Å². The number of rotatable bonds is 3. The lowest BCUT2D eigenvalue weighted by molar-refractivity contribution is -0.872. The van der Waals surface area contributed by atoms with Gasteiger partial charge in [-0.2, -0.15) is 0 Å². The van der Waals surface area contributed by atoms with Gasteiger partial charge in [-0.25, -0.2) is 0 Å². The first-order valence-corrected chi connectivity index (χ1v) is 6.42. The van der Waals surface area contributed by atoms with E-state index < -0.39 is 0 Å². The van der Waals surface area contributed by atoms with Crippen LogP contribution in [-0.4, -0.2) is 45.1 Å². The maximum atomic E-state index is 12.5. The molecular formula is C15H22INO2. The SMILES string of the molecule is COc1ccc2c(c1)C(=O)C(C[N+](C)(C)C)CC2.[I-]. The van der Waals surface area contributed by atoms with Crippen molar-refractivity contribution < 1.29 is 38.0 Å². The molecule has 3 nitrogen and oxygen atoms in total. The minimum absolute atomic E-state index is 0. The summed E-state index contributed by atoms with van der Waals surface area (Å²) in [6.45, 7) is 0.898. The number of benzene rings is 1. The number of aryl methyl sites for hydroxylation is 1. The normalized spacial score (nSPS) is 18.5. The topological polar surface area (TPSA) is 26.3 Å². The van der Waals surface area contributed by atoms with Crippen LogP contribution >= 0.6 is 0 Å².